The summed E-state index contributed by atoms with van der Waals surface area (Å²) in [5.74, 6) is 0.693. The molecule has 0 atom stereocenters. The van der Waals surface area contributed by atoms with Gasteiger partial charge in [-0.05, 0) is 12.8 Å². The lowest BCUT2D eigenvalue weighted by Crippen LogP contribution is -2.41. The molecule has 1 aliphatic heterocycles. The van der Waals surface area contributed by atoms with E-state index in [9.17, 15) is 0 Å². The number of imidazole rings is 1. The molecule has 1 aromatic rings. The molecule has 0 unspecified atom stereocenters. The summed E-state index contributed by atoms with van der Waals surface area (Å²) < 4.78 is 2.37. The molecule has 1 aliphatic rings. The van der Waals surface area contributed by atoms with E-state index in [0.29, 0.717) is 12.0 Å². The second-order valence-corrected chi connectivity index (χ2v) is 4.05. The maximum Gasteiger partial charge on any atom is 0.0950 e. The van der Waals surface area contributed by atoms with Gasteiger partial charge in [-0.3, -0.25) is 0 Å². The summed E-state index contributed by atoms with van der Waals surface area (Å²) in [5, 5.41) is 3.31. The van der Waals surface area contributed by atoms with Crippen molar-refractivity contribution in [1.29, 1.82) is 0 Å². The molecule has 0 radical (unpaired) electrons. The van der Waals surface area contributed by atoms with Crippen LogP contribution in [-0.2, 0) is 0 Å². The van der Waals surface area contributed by atoms with Crippen LogP contribution in [0, 0.1) is 0 Å². The van der Waals surface area contributed by atoms with Gasteiger partial charge in [-0.25, -0.2) is 4.98 Å². The van der Waals surface area contributed by atoms with Crippen LogP contribution in [0.5, 0.6) is 0 Å². The molecule has 14 heavy (non-hydrogen) atoms. The van der Waals surface area contributed by atoms with Crippen LogP contribution in [0.3, 0.4) is 0 Å². The van der Waals surface area contributed by atoms with Crippen molar-refractivity contribution in [2.45, 2.75) is 38.6 Å². The fraction of sp³-hybridized carbons (Fsp3) is 0.727. The van der Waals surface area contributed by atoms with Gasteiger partial charge in [-0.2, -0.15) is 0 Å². The van der Waals surface area contributed by atoms with Crippen LogP contribution >= 0.6 is 0 Å². The average molecular weight is 193 g/mol. The van der Waals surface area contributed by atoms with Gasteiger partial charge in [0, 0.05) is 36.9 Å². The van der Waals surface area contributed by atoms with E-state index in [1.54, 1.807) is 0 Å². The van der Waals surface area contributed by atoms with Crippen molar-refractivity contribution in [3.8, 4) is 0 Å². The largest absolute Gasteiger partial charge is 0.331 e. The fourth-order valence-electron chi connectivity index (χ4n) is 2.12. The highest BCUT2D eigenvalue weighted by atomic mass is 15.1. The standard InChI is InChI=1S/C11H19N3/c1-3-10(4-2)14-8-13-7-11(14)9-5-12-6-9/h7-10,12H,3-6H2,1-2H3. The van der Waals surface area contributed by atoms with Crippen molar-refractivity contribution in [3.05, 3.63) is 18.2 Å². The fourth-order valence-corrected chi connectivity index (χ4v) is 2.12. The van der Waals surface area contributed by atoms with Crippen molar-refractivity contribution in [2.75, 3.05) is 13.1 Å². The molecule has 1 fully saturated rings. The summed E-state index contributed by atoms with van der Waals surface area (Å²) in [6, 6.07) is 0.632. The number of hydrogen-bond donors (Lipinski definition) is 1. The maximum absolute atomic E-state index is 4.28. The number of hydrogen-bond acceptors (Lipinski definition) is 2. The van der Waals surface area contributed by atoms with Crippen LogP contribution < -0.4 is 5.32 Å². The van der Waals surface area contributed by atoms with Gasteiger partial charge >= 0.3 is 0 Å². The smallest absolute Gasteiger partial charge is 0.0950 e. The van der Waals surface area contributed by atoms with Gasteiger partial charge in [-0.1, -0.05) is 13.8 Å². The van der Waals surface area contributed by atoms with Gasteiger partial charge in [-0.15, -0.1) is 0 Å². The minimum absolute atomic E-state index is 0.632. The quantitative estimate of drug-likeness (QED) is 0.792. The van der Waals surface area contributed by atoms with Crippen molar-refractivity contribution in [2.24, 2.45) is 0 Å². The average Bonchev–Trinajstić information content (AvgIpc) is 2.53. The Labute approximate surface area is 85.5 Å². The number of nitrogens with one attached hydrogen (secondary N) is 1. The Balaban J connectivity index is 2.19. The van der Waals surface area contributed by atoms with E-state index in [2.05, 4.69) is 28.7 Å². The van der Waals surface area contributed by atoms with Gasteiger partial charge in [0.15, 0.2) is 0 Å². The van der Waals surface area contributed by atoms with E-state index in [1.807, 2.05) is 12.5 Å². The molecule has 0 aliphatic carbocycles. The van der Waals surface area contributed by atoms with E-state index >= 15 is 0 Å². The van der Waals surface area contributed by atoms with E-state index in [1.165, 1.54) is 18.5 Å². The molecular formula is C11H19N3. The lowest BCUT2D eigenvalue weighted by molar-refractivity contribution is 0.389. The Morgan fingerprint density at radius 2 is 2.21 bits per heavy atom. The third-order valence-electron chi connectivity index (χ3n) is 3.23. The summed E-state index contributed by atoms with van der Waals surface area (Å²) in [4.78, 5) is 4.28. The van der Waals surface area contributed by atoms with Gasteiger partial charge in [0.05, 0.1) is 6.33 Å². The Morgan fingerprint density at radius 1 is 1.50 bits per heavy atom. The Bertz CT molecular complexity index is 284. The van der Waals surface area contributed by atoms with Crippen molar-refractivity contribution in [1.82, 2.24) is 14.9 Å². The van der Waals surface area contributed by atoms with Crippen LogP contribution in [0.25, 0.3) is 0 Å². The maximum atomic E-state index is 4.28. The second-order valence-electron chi connectivity index (χ2n) is 4.05. The summed E-state index contributed by atoms with van der Waals surface area (Å²) >= 11 is 0. The van der Waals surface area contributed by atoms with Gasteiger partial charge in [0.1, 0.15) is 0 Å². The summed E-state index contributed by atoms with van der Waals surface area (Å²) in [7, 11) is 0. The van der Waals surface area contributed by atoms with Crippen LogP contribution in [0.4, 0.5) is 0 Å². The number of nitrogens with zero attached hydrogens (tertiary/aromatic N) is 2. The predicted molar refractivity (Wildman–Crippen MR) is 57.5 cm³/mol. The molecule has 0 saturated carbocycles. The lowest BCUT2D eigenvalue weighted by atomic mass is 9.99. The van der Waals surface area contributed by atoms with E-state index < -0.39 is 0 Å². The molecule has 3 nitrogen and oxygen atoms in total. The molecule has 0 aromatic carbocycles. The summed E-state index contributed by atoms with van der Waals surface area (Å²) in [6.45, 7) is 6.73. The molecule has 78 valence electrons. The van der Waals surface area contributed by atoms with Crippen molar-refractivity contribution >= 4 is 0 Å². The molecule has 1 aromatic heterocycles. The normalized spacial score (nSPS) is 17.4. The number of aromatic nitrogens is 2. The minimum Gasteiger partial charge on any atom is -0.331 e. The zero-order valence-corrected chi connectivity index (χ0v) is 9.03. The predicted octanol–water partition coefficient (Wildman–Crippen LogP) is 1.93. The molecule has 0 bridgehead atoms. The third-order valence-corrected chi connectivity index (χ3v) is 3.23. The highest BCUT2D eigenvalue weighted by Crippen LogP contribution is 2.25. The topological polar surface area (TPSA) is 29.9 Å². The first-order valence-electron chi connectivity index (χ1n) is 5.59. The Kier molecular flexibility index (Phi) is 2.87. The summed E-state index contributed by atoms with van der Waals surface area (Å²) in [6.07, 6.45) is 6.41. The number of rotatable bonds is 4. The second kappa shape index (κ2) is 4.13. The lowest BCUT2D eigenvalue weighted by Gasteiger charge is -2.30. The SMILES string of the molecule is CCC(CC)n1cncc1C1CNC1. The highest BCUT2D eigenvalue weighted by Gasteiger charge is 2.23. The summed E-state index contributed by atoms with van der Waals surface area (Å²) in [5.41, 5.74) is 1.41. The molecule has 2 heterocycles. The van der Waals surface area contributed by atoms with Crippen LogP contribution in [0.2, 0.25) is 0 Å². The van der Waals surface area contributed by atoms with Gasteiger partial charge < -0.3 is 9.88 Å². The van der Waals surface area contributed by atoms with Crippen LogP contribution in [0.1, 0.15) is 44.3 Å². The van der Waals surface area contributed by atoms with Gasteiger partial charge in [0.25, 0.3) is 0 Å². The van der Waals surface area contributed by atoms with Crippen molar-refractivity contribution < 1.29 is 0 Å². The van der Waals surface area contributed by atoms with Crippen molar-refractivity contribution in [3.63, 3.8) is 0 Å². The highest BCUT2D eigenvalue weighted by molar-refractivity contribution is 5.12. The van der Waals surface area contributed by atoms with E-state index in [0.717, 1.165) is 13.1 Å². The zero-order chi connectivity index (χ0) is 9.97. The first-order valence-corrected chi connectivity index (χ1v) is 5.59. The Hall–Kier alpha value is -0.830. The zero-order valence-electron chi connectivity index (χ0n) is 9.03. The molecule has 3 heteroatoms. The molecule has 1 N–H and O–H groups in total. The van der Waals surface area contributed by atoms with E-state index in [4.69, 9.17) is 0 Å². The first kappa shape index (κ1) is 9.71. The first-order chi connectivity index (χ1) is 6.86. The van der Waals surface area contributed by atoms with E-state index in [-0.39, 0.29) is 0 Å². The molecule has 0 spiro atoms. The third kappa shape index (κ3) is 1.57. The molecular weight excluding hydrogens is 174 g/mol. The molecule has 0 amide bonds. The monoisotopic (exact) mass is 193 g/mol. The molecule has 2 rings (SSSR count). The molecule has 1 saturated heterocycles. The van der Waals surface area contributed by atoms with Crippen LogP contribution in [0.15, 0.2) is 12.5 Å². The van der Waals surface area contributed by atoms with Crippen LogP contribution in [-0.4, -0.2) is 22.6 Å². The van der Waals surface area contributed by atoms with Gasteiger partial charge in [0.2, 0.25) is 0 Å². The Morgan fingerprint density at radius 3 is 2.71 bits per heavy atom. The minimum atomic E-state index is 0.632.